The lowest BCUT2D eigenvalue weighted by Gasteiger charge is -2.11. The second-order valence-corrected chi connectivity index (χ2v) is 9.29. The Hall–Kier alpha value is -3.43. The Balaban J connectivity index is 1.52. The van der Waals surface area contributed by atoms with Crippen LogP contribution in [-0.2, 0) is 4.79 Å². The van der Waals surface area contributed by atoms with E-state index in [2.05, 4.69) is 31.4 Å². The van der Waals surface area contributed by atoms with Crippen molar-refractivity contribution in [2.45, 2.75) is 11.6 Å². The van der Waals surface area contributed by atoms with Gasteiger partial charge >= 0.3 is 0 Å². The molecule has 3 aromatic carbocycles. The molecule has 4 aromatic rings. The number of carbonyl (C=O) groups excluding carboxylic acids is 1. The van der Waals surface area contributed by atoms with Crippen LogP contribution in [0, 0.1) is 0 Å². The summed E-state index contributed by atoms with van der Waals surface area (Å²) in [5.41, 5.74) is 3.87. The van der Waals surface area contributed by atoms with Crippen LogP contribution in [0.15, 0.2) is 82.4 Å². The van der Waals surface area contributed by atoms with Crippen molar-refractivity contribution in [1.82, 2.24) is 15.2 Å². The zero-order valence-electron chi connectivity index (χ0n) is 19.2. The third-order valence-electron chi connectivity index (χ3n) is 5.10. The number of hydrogen-bond donors (Lipinski definition) is 1. The number of anilines is 1. The molecule has 0 unspecified atom stereocenters. The number of nitrogens with zero attached hydrogens (tertiary/aromatic N) is 3. The van der Waals surface area contributed by atoms with Crippen molar-refractivity contribution in [1.29, 1.82) is 0 Å². The molecule has 0 aliphatic rings. The van der Waals surface area contributed by atoms with Crippen molar-refractivity contribution in [3.8, 4) is 34.0 Å². The highest BCUT2D eigenvalue weighted by Crippen LogP contribution is 2.32. The Kier molecular flexibility index (Phi) is 8.33. The monoisotopic (exact) mass is 550 g/mol. The maximum atomic E-state index is 12.4. The van der Waals surface area contributed by atoms with Gasteiger partial charge in [0, 0.05) is 27.8 Å². The van der Waals surface area contributed by atoms with Gasteiger partial charge in [-0.25, -0.2) is 4.98 Å². The minimum Gasteiger partial charge on any atom is -0.497 e. The van der Waals surface area contributed by atoms with Gasteiger partial charge in [-0.2, -0.15) is 0 Å². The standard InChI is InChI=1S/C26H23BrN4O3S/c1-33-19-11-7-17(8-12-19)24-25(18-9-13-20(34-2)14-10-18)30-31-26(29-24)35-16-15-23(32)28-22-6-4-3-5-21(22)27/h3-14H,15-16H2,1-2H3,(H,28,32). The molecule has 0 saturated carbocycles. The molecule has 0 bridgehead atoms. The van der Waals surface area contributed by atoms with Crippen LogP contribution in [-0.4, -0.2) is 41.1 Å². The summed E-state index contributed by atoms with van der Waals surface area (Å²) in [6.45, 7) is 0. The van der Waals surface area contributed by atoms with Crippen molar-refractivity contribution in [2.24, 2.45) is 0 Å². The summed E-state index contributed by atoms with van der Waals surface area (Å²) in [5.74, 6) is 1.95. The van der Waals surface area contributed by atoms with Crippen LogP contribution in [0.25, 0.3) is 22.5 Å². The van der Waals surface area contributed by atoms with Crippen LogP contribution >= 0.6 is 27.7 Å². The molecule has 9 heteroatoms. The Morgan fingerprint density at radius 1 is 0.857 bits per heavy atom. The van der Waals surface area contributed by atoms with Gasteiger partial charge in [-0.15, -0.1) is 10.2 Å². The number of hydrogen-bond acceptors (Lipinski definition) is 7. The highest BCUT2D eigenvalue weighted by atomic mass is 79.9. The molecule has 0 spiro atoms. The van der Waals surface area contributed by atoms with E-state index in [9.17, 15) is 4.79 Å². The van der Waals surface area contributed by atoms with Gasteiger partial charge in [0.2, 0.25) is 11.1 Å². The number of aromatic nitrogens is 3. The Labute approximate surface area is 216 Å². The fourth-order valence-corrected chi connectivity index (χ4v) is 4.38. The molecular formula is C26H23BrN4O3S. The summed E-state index contributed by atoms with van der Waals surface area (Å²) in [6.07, 6.45) is 0.313. The van der Waals surface area contributed by atoms with Crippen molar-refractivity contribution >= 4 is 39.3 Å². The first-order chi connectivity index (χ1) is 17.1. The van der Waals surface area contributed by atoms with E-state index in [1.54, 1.807) is 14.2 Å². The average Bonchev–Trinajstić information content (AvgIpc) is 2.90. The Morgan fingerprint density at radius 2 is 1.46 bits per heavy atom. The third-order valence-corrected chi connectivity index (χ3v) is 6.63. The fourth-order valence-electron chi connectivity index (χ4n) is 3.28. The lowest BCUT2D eigenvalue weighted by Crippen LogP contribution is -2.12. The van der Waals surface area contributed by atoms with Gasteiger partial charge < -0.3 is 14.8 Å². The number of halogens is 1. The summed E-state index contributed by atoms with van der Waals surface area (Å²) in [5, 5.41) is 12.2. The molecule has 1 N–H and O–H groups in total. The summed E-state index contributed by atoms with van der Waals surface area (Å²) >= 11 is 4.83. The van der Waals surface area contributed by atoms with Crippen LogP contribution in [0.3, 0.4) is 0 Å². The molecule has 0 aliphatic carbocycles. The quantitative estimate of drug-likeness (QED) is 0.252. The molecule has 1 amide bonds. The van der Waals surface area contributed by atoms with Gasteiger partial charge in [0.25, 0.3) is 0 Å². The van der Waals surface area contributed by atoms with Gasteiger partial charge in [-0.3, -0.25) is 4.79 Å². The van der Waals surface area contributed by atoms with Gasteiger partial charge in [0.05, 0.1) is 19.9 Å². The molecule has 0 fully saturated rings. The number of methoxy groups -OCH3 is 2. The number of thioether (sulfide) groups is 1. The normalized spacial score (nSPS) is 10.6. The summed E-state index contributed by atoms with van der Waals surface area (Å²) in [7, 11) is 3.26. The van der Waals surface area contributed by atoms with Crippen molar-refractivity contribution in [2.75, 3.05) is 25.3 Å². The number of para-hydroxylation sites is 1. The first kappa shape index (κ1) is 24.7. The van der Waals surface area contributed by atoms with E-state index in [4.69, 9.17) is 14.5 Å². The van der Waals surface area contributed by atoms with Crippen LogP contribution in [0.2, 0.25) is 0 Å². The van der Waals surface area contributed by atoms with E-state index in [-0.39, 0.29) is 5.91 Å². The van der Waals surface area contributed by atoms with Crippen LogP contribution < -0.4 is 14.8 Å². The molecule has 0 saturated heterocycles. The average molecular weight is 551 g/mol. The van der Waals surface area contributed by atoms with Crippen LogP contribution in [0.4, 0.5) is 5.69 Å². The van der Waals surface area contributed by atoms with E-state index in [0.29, 0.717) is 28.7 Å². The first-order valence-corrected chi connectivity index (χ1v) is 12.6. The highest BCUT2D eigenvalue weighted by Gasteiger charge is 2.15. The molecular weight excluding hydrogens is 528 g/mol. The number of amides is 1. The predicted octanol–water partition coefficient (Wildman–Crippen LogP) is 6.11. The summed E-state index contributed by atoms with van der Waals surface area (Å²) in [4.78, 5) is 17.2. The summed E-state index contributed by atoms with van der Waals surface area (Å²) < 4.78 is 11.4. The molecule has 7 nitrogen and oxygen atoms in total. The lowest BCUT2D eigenvalue weighted by atomic mass is 10.0. The van der Waals surface area contributed by atoms with E-state index in [1.807, 2.05) is 72.8 Å². The SMILES string of the molecule is COc1ccc(-c2nnc(SCCC(=O)Nc3ccccc3Br)nc2-c2ccc(OC)cc2)cc1. The molecule has 0 atom stereocenters. The second-order valence-electron chi connectivity index (χ2n) is 7.38. The largest absolute Gasteiger partial charge is 0.497 e. The second kappa shape index (κ2) is 11.8. The van der Waals surface area contributed by atoms with E-state index in [1.165, 1.54) is 11.8 Å². The van der Waals surface area contributed by atoms with Gasteiger partial charge in [0.1, 0.15) is 22.9 Å². The smallest absolute Gasteiger partial charge is 0.225 e. The van der Waals surface area contributed by atoms with Gasteiger partial charge in [0.15, 0.2) is 0 Å². The Morgan fingerprint density at radius 3 is 2.06 bits per heavy atom. The van der Waals surface area contributed by atoms with Gasteiger partial charge in [-0.1, -0.05) is 23.9 Å². The third kappa shape index (κ3) is 6.37. The minimum atomic E-state index is -0.0809. The van der Waals surface area contributed by atoms with Crippen LogP contribution in [0.5, 0.6) is 11.5 Å². The molecule has 0 aliphatic heterocycles. The highest BCUT2D eigenvalue weighted by molar-refractivity contribution is 9.10. The number of rotatable bonds is 9. The number of nitrogens with one attached hydrogen (secondary N) is 1. The molecule has 178 valence electrons. The Bertz CT molecular complexity index is 1300. The minimum absolute atomic E-state index is 0.0809. The molecule has 4 rings (SSSR count). The maximum absolute atomic E-state index is 12.4. The fraction of sp³-hybridized carbons (Fsp3) is 0.154. The van der Waals surface area contributed by atoms with Crippen LogP contribution in [0.1, 0.15) is 6.42 Å². The summed E-state index contributed by atoms with van der Waals surface area (Å²) in [6, 6.07) is 22.8. The van der Waals surface area contributed by atoms with Gasteiger partial charge in [-0.05, 0) is 76.6 Å². The zero-order chi connectivity index (χ0) is 24.6. The first-order valence-electron chi connectivity index (χ1n) is 10.8. The molecule has 1 heterocycles. The van der Waals surface area contributed by atoms with Crippen molar-refractivity contribution < 1.29 is 14.3 Å². The zero-order valence-corrected chi connectivity index (χ0v) is 21.6. The van der Waals surface area contributed by atoms with Crippen molar-refractivity contribution in [3.05, 3.63) is 77.3 Å². The lowest BCUT2D eigenvalue weighted by molar-refractivity contribution is -0.115. The topological polar surface area (TPSA) is 86.2 Å². The number of carbonyl (C=O) groups is 1. The number of benzene rings is 3. The number of ether oxygens (including phenoxy) is 2. The predicted molar refractivity (Wildman–Crippen MR) is 142 cm³/mol. The maximum Gasteiger partial charge on any atom is 0.225 e. The van der Waals surface area contributed by atoms with Crippen molar-refractivity contribution in [3.63, 3.8) is 0 Å². The van der Waals surface area contributed by atoms with E-state index < -0.39 is 0 Å². The van der Waals surface area contributed by atoms with E-state index >= 15 is 0 Å². The molecule has 35 heavy (non-hydrogen) atoms. The molecule has 1 aromatic heterocycles. The van der Waals surface area contributed by atoms with E-state index in [0.717, 1.165) is 32.8 Å². The molecule has 0 radical (unpaired) electrons.